The van der Waals surface area contributed by atoms with Crippen molar-refractivity contribution in [2.45, 2.75) is 32.1 Å². The molecule has 2 amide bonds. The van der Waals surface area contributed by atoms with Gasteiger partial charge in [0.25, 0.3) is 0 Å². The van der Waals surface area contributed by atoms with E-state index in [9.17, 15) is 9.59 Å². The van der Waals surface area contributed by atoms with E-state index in [1.165, 1.54) is 11.6 Å². The van der Waals surface area contributed by atoms with Crippen LogP contribution in [0.4, 0.5) is 0 Å². The van der Waals surface area contributed by atoms with E-state index < -0.39 is 0 Å². The lowest BCUT2D eigenvalue weighted by molar-refractivity contribution is -0.127. The smallest absolute Gasteiger partial charge is 0.245 e. The molecule has 1 aromatic heterocycles. The molecular weight excluding hydrogens is 302 g/mol. The second kappa shape index (κ2) is 6.51. The molecule has 2 heterocycles. The molecule has 1 saturated heterocycles. The van der Waals surface area contributed by atoms with Gasteiger partial charge in [-0.2, -0.15) is 0 Å². The van der Waals surface area contributed by atoms with Gasteiger partial charge in [0, 0.05) is 36.1 Å². The number of aryl methyl sites for hydroxylation is 1. The number of piperidine rings is 1. The number of carbonyl (C=O) groups is 2. The minimum Gasteiger partial charge on any atom is -0.369 e. The van der Waals surface area contributed by atoms with Crippen molar-refractivity contribution in [1.29, 1.82) is 0 Å². The zero-order valence-corrected chi connectivity index (χ0v) is 14.0. The highest BCUT2D eigenvalue weighted by molar-refractivity contribution is 5.92. The maximum atomic E-state index is 11.9. The third kappa shape index (κ3) is 2.94. The first-order chi connectivity index (χ1) is 11.5. The molecule has 1 unspecified atom stereocenters. The number of benzene rings is 1. The van der Waals surface area contributed by atoms with Gasteiger partial charge in [-0.1, -0.05) is 18.7 Å². The summed E-state index contributed by atoms with van der Waals surface area (Å²) >= 11 is 0. The Labute approximate surface area is 141 Å². The Morgan fingerprint density at radius 3 is 2.96 bits per heavy atom. The first-order valence-corrected chi connectivity index (χ1v) is 8.30. The minimum absolute atomic E-state index is 0.00733. The number of rotatable bonds is 4. The number of aromatic nitrogens is 1. The van der Waals surface area contributed by atoms with E-state index in [-0.39, 0.29) is 18.2 Å². The lowest BCUT2D eigenvalue weighted by atomic mass is 9.86. The molecule has 24 heavy (non-hydrogen) atoms. The molecule has 1 fully saturated rings. The minimum atomic E-state index is -0.336. The van der Waals surface area contributed by atoms with Gasteiger partial charge in [0.1, 0.15) is 0 Å². The maximum absolute atomic E-state index is 11.9. The van der Waals surface area contributed by atoms with E-state index >= 15 is 0 Å². The van der Waals surface area contributed by atoms with E-state index in [1.54, 1.807) is 0 Å². The Morgan fingerprint density at radius 1 is 1.46 bits per heavy atom. The largest absolute Gasteiger partial charge is 0.369 e. The van der Waals surface area contributed by atoms with Crippen LogP contribution in [0.2, 0.25) is 0 Å². The first-order valence-electron chi connectivity index (χ1n) is 8.30. The molecule has 0 saturated carbocycles. The Hall–Kier alpha value is -2.56. The lowest BCUT2D eigenvalue weighted by Gasteiger charge is -2.33. The number of aromatic amines is 1. The van der Waals surface area contributed by atoms with Crippen molar-refractivity contribution in [2.75, 3.05) is 13.1 Å². The number of carbonyl (C=O) groups excluding carboxylic acids is 2. The fourth-order valence-corrected chi connectivity index (χ4v) is 3.74. The van der Waals surface area contributed by atoms with E-state index in [1.807, 2.05) is 17.2 Å². The van der Waals surface area contributed by atoms with Gasteiger partial charge in [-0.3, -0.25) is 9.59 Å². The van der Waals surface area contributed by atoms with Gasteiger partial charge in [-0.15, -0.1) is 0 Å². The average Bonchev–Trinajstić information content (AvgIpc) is 2.97. The van der Waals surface area contributed by atoms with Crippen molar-refractivity contribution in [3.8, 4) is 0 Å². The summed E-state index contributed by atoms with van der Waals surface area (Å²) in [6.45, 7) is 7.15. The summed E-state index contributed by atoms with van der Waals surface area (Å²) in [5.41, 5.74) is 9.65. The van der Waals surface area contributed by atoms with Gasteiger partial charge < -0.3 is 15.6 Å². The van der Waals surface area contributed by atoms with Crippen molar-refractivity contribution >= 4 is 22.7 Å². The average molecular weight is 325 g/mol. The SMILES string of the molecule is C=CC(=O)N1CCCC(c2ccc(CC(N)=O)c3[nH]cc(C)c23)C1. The first kappa shape index (κ1) is 16.3. The van der Waals surface area contributed by atoms with Crippen LogP contribution >= 0.6 is 0 Å². The number of likely N-dealkylation sites (tertiary alicyclic amines) is 1. The van der Waals surface area contributed by atoms with Crippen molar-refractivity contribution < 1.29 is 9.59 Å². The molecule has 1 aliphatic rings. The molecule has 1 aliphatic heterocycles. The monoisotopic (exact) mass is 325 g/mol. The molecule has 1 atom stereocenters. The van der Waals surface area contributed by atoms with Crippen LogP contribution in [0, 0.1) is 6.92 Å². The molecule has 0 radical (unpaired) electrons. The van der Waals surface area contributed by atoms with Crippen LogP contribution in [0.15, 0.2) is 31.0 Å². The highest BCUT2D eigenvalue weighted by Crippen LogP contribution is 2.35. The van der Waals surface area contributed by atoms with Gasteiger partial charge in [-0.25, -0.2) is 0 Å². The number of fused-ring (bicyclic) bond motifs is 1. The number of amides is 2. The van der Waals surface area contributed by atoms with Gasteiger partial charge in [0.05, 0.1) is 6.42 Å². The fraction of sp³-hybridized carbons (Fsp3) is 0.368. The van der Waals surface area contributed by atoms with E-state index in [4.69, 9.17) is 5.73 Å². The van der Waals surface area contributed by atoms with Crippen molar-refractivity contribution in [3.05, 3.63) is 47.7 Å². The Morgan fingerprint density at radius 2 is 2.25 bits per heavy atom. The molecule has 1 aromatic carbocycles. The molecule has 5 nitrogen and oxygen atoms in total. The molecule has 0 aliphatic carbocycles. The number of hydrogen-bond donors (Lipinski definition) is 2. The van der Waals surface area contributed by atoms with Crippen LogP contribution in [0.1, 0.15) is 35.4 Å². The second-order valence-corrected chi connectivity index (χ2v) is 6.51. The summed E-state index contributed by atoms with van der Waals surface area (Å²) in [6.07, 6.45) is 5.61. The number of nitrogens with two attached hydrogens (primary N) is 1. The summed E-state index contributed by atoms with van der Waals surface area (Å²) in [6, 6.07) is 4.07. The topological polar surface area (TPSA) is 79.2 Å². The van der Waals surface area contributed by atoms with Crippen LogP contribution < -0.4 is 5.73 Å². The number of hydrogen-bond acceptors (Lipinski definition) is 2. The van der Waals surface area contributed by atoms with Crippen LogP contribution in [0.3, 0.4) is 0 Å². The third-order valence-electron chi connectivity index (χ3n) is 4.86. The number of nitrogens with one attached hydrogen (secondary N) is 1. The summed E-state index contributed by atoms with van der Waals surface area (Å²) in [5, 5.41) is 1.16. The van der Waals surface area contributed by atoms with Crippen LogP contribution in [-0.4, -0.2) is 34.8 Å². The quantitative estimate of drug-likeness (QED) is 0.847. The zero-order valence-electron chi connectivity index (χ0n) is 14.0. The summed E-state index contributed by atoms with van der Waals surface area (Å²) in [4.78, 5) is 28.4. The van der Waals surface area contributed by atoms with Gasteiger partial charge >= 0.3 is 0 Å². The molecule has 126 valence electrons. The van der Waals surface area contributed by atoms with Crippen LogP contribution in [0.25, 0.3) is 10.9 Å². The number of nitrogens with zero attached hydrogens (tertiary/aromatic N) is 1. The van der Waals surface area contributed by atoms with Gasteiger partial charge in [0.15, 0.2) is 0 Å². The molecule has 0 bridgehead atoms. The molecule has 2 aromatic rings. The molecule has 3 N–H and O–H groups in total. The molecule has 3 rings (SSSR count). The Kier molecular flexibility index (Phi) is 4.42. The molecular formula is C19H23N3O2. The van der Waals surface area contributed by atoms with Crippen LogP contribution in [-0.2, 0) is 16.0 Å². The van der Waals surface area contributed by atoms with Crippen molar-refractivity contribution in [1.82, 2.24) is 9.88 Å². The normalized spacial score (nSPS) is 17.9. The third-order valence-corrected chi connectivity index (χ3v) is 4.86. The summed E-state index contributed by atoms with van der Waals surface area (Å²) in [7, 11) is 0. The van der Waals surface area contributed by atoms with Gasteiger partial charge in [0.2, 0.25) is 11.8 Å². The van der Waals surface area contributed by atoms with Crippen molar-refractivity contribution in [3.63, 3.8) is 0 Å². The predicted octanol–water partition coefficient (Wildman–Crippen LogP) is 2.40. The summed E-state index contributed by atoms with van der Waals surface area (Å²) in [5.74, 6) is -0.0499. The zero-order chi connectivity index (χ0) is 17.3. The predicted molar refractivity (Wildman–Crippen MR) is 94.7 cm³/mol. The fourth-order valence-electron chi connectivity index (χ4n) is 3.74. The summed E-state index contributed by atoms with van der Waals surface area (Å²) < 4.78 is 0. The molecule has 0 spiro atoms. The Balaban J connectivity index is 2.00. The number of H-pyrrole nitrogens is 1. The highest BCUT2D eigenvalue weighted by atomic mass is 16.2. The standard InChI is InChI=1S/C19H23N3O2/c1-3-17(24)22-8-4-5-14(11-22)15-7-6-13(9-16(20)23)19-18(15)12(2)10-21-19/h3,6-7,10,14,21H,1,4-5,8-9,11H2,2H3,(H2,20,23). The van der Waals surface area contributed by atoms with E-state index in [0.29, 0.717) is 12.5 Å². The van der Waals surface area contributed by atoms with Gasteiger partial charge in [-0.05, 0) is 42.5 Å². The molecule has 5 heteroatoms. The van der Waals surface area contributed by atoms with E-state index in [0.717, 1.165) is 41.4 Å². The lowest BCUT2D eigenvalue weighted by Crippen LogP contribution is -2.38. The van der Waals surface area contributed by atoms with Crippen LogP contribution in [0.5, 0.6) is 0 Å². The van der Waals surface area contributed by atoms with E-state index in [2.05, 4.69) is 24.6 Å². The Bertz CT molecular complexity index is 806. The highest BCUT2D eigenvalue weighted by Gasteiger charge is 2.26. The maximum Gasteiger partial charge on any atom is 0.245 e. The number of primary amides is 1. The van der Waals surface area contributed by atoms with Crippen molar-refractivity contribution in [2.24, 2.45) is 5.73 Å². The second-order valence-electron chi connectivity index (χ2n) is 6.51.